The summed E-state index contributed by atoms with van der Waals surface area (Å²) in [7, 11) is 0. The third-order valence-corrected chi connectivity index (χ3v) is 8.73. The number of carboxylic acids is 1. The minimum absolute atomic E-state index is 0.0255. The molecular weight excluding hydrogens is 532 g/mol. The predicted molar refractivity (Wildman–Crippen MR) is 151 cm³/mol. The second kappa shape index (κ2) is 10.7. The van der Waals surface area contributed by atoms with E-state index in [0.29, 0.717) is 16.9 Å². The van der Waals surface area contributed by atoms with E-state index in [4.69, 9.17) is 4.74 Å². The van der Waals surface area contributed by atoms with Crippen molar-refractivity contribution >= 4 is 11.5 Å². The van der Waals surface area contributed by atoms with E-state index in [1.807, 2.05) is 30.3 Å². The Kier molecular flexibility index (Phi) is 7.51. The SMILES string of the molecule is CC1(C)CCC=C1c1cc(COc2cccc([C@@H](CC(=O)O)C3(C)CC3)c2)ccc1-c1cc(C(F)(F)F)ccc1F. The van der Waals surface area contributed by atoms with Crippen LogP contribution in [0.2, 0.25) is 0 Å². The van der Waals surface area contributed by atoms with E-state index in [-0.39, 0.29) is 35.3 Å². The number of allylic oxidation sites excluding steroid dienone is 2. The molecule has 0 heterocycles. The fourth-order valence-electron chi connectivity index (χ4n) is 5.98. The monoisotopic (exact) mass is 566 g/mol. The molecule has 2 aliphatic carbocycles. The molecule has 0 bridgehead atoms. The maximum atomic E-state index is 15.0. The van der Waals surface area contributed by atoms with Crippen LogP contribution in [-0.2, 0) is 17.6 Å². The van der Waals surface area contributed by atoms with E-state index < -0.39 is 23.5 Å². The quantitative estimate of drug-likeness (QED) is 0.262. The Hall–Kier alpha value is -3.61. The highest BCUT2D eigenvalue weighted by Crippen LogP contribution is 2.57. The number of hydrogen-bond donors (Lipinski definition) is 1. The van der Waals surface area contributed by atoms with Crippen LogP contribution in [-0.4, -0.2) is 11.1 Å². The van der Waals surface area contributed by atoms with Crippen LogP contribution in [0.5, 0.6) is 5.75 Å². The third kappa shape index (κ3) is 6.19. The first kappa shape index (κ1) is 28.9. The van der Waals surface area contributed by atoms with Crippen LogP contribution in [0.3, 0.4) is 0 Å². The van der Waals surface area contributed by atoms with Crippen LogP contribution in [0.15, 0.2) is 66.7 Å². The van der Waals surface area contributed by atoms with Crippen molar-refractivity contribution in [3.8, 4) is 16.9 Å². The zero-order valence-electron chi connectivity index (χ0n) is 23.4. The number of hydrogen-bond acceptors (Lipinski definition) is 2. The Morgan fingerprint density at radius 3 is 2.34 bits per heavy atom. The van der Waals surface area contributed by atoms with Gasteiger partial charge in [0.2, 0.25) is 0 Å². The number of carboxylic acid groups (broad SMARTS) is 1. The molecule has 0 radical (unpaired) electrons. The summed E-state index contributed by atoms with van der Waals surface area (Å²) in [5.41, 5.74) is 2.58. The highest BCUT2D eigenvalue weighted by molar-refractivity contribution is 5.85. The van der Waals surface area contributed by atoms with E-state index in [2.05, 4.69) is 26.8 Å². The zero-order chi connectivity index (χ0) is 29.6. The van der Waals surface area contributed by atoms with E-state index in [9.17, 15) is 27.5 Å². The number of rotatable bonds is 9. The fraction of sp³-hybridized carbons (Fsp3) is 0.382. The van der Waals surface area contributed by atoms with Gasteiger partial charge >= 0.3 is 12.1 Å². The van der Waals surface area contributed by atoms with Gasteiger partial charge in [0.15, 0.2) is 0 Å². The number of ether oxygens (including phenoxy) is 1. The molecule has 216 valence electrons. The number of benzene rings is 3. The van der Waals surface area contributed by atoms with Crippen molar-refractivity contribution in [3.05, 3.63) is 94.8 Å². The molecule has 1 fully saturated rings. The van der Waals surface area contributed by atoms with Crippen molar-refractivity contribution < 1.29 is 32.2 Å². The van der Waals surface area contributed by atoms with E-state index >= 15 is 0 Å². The van der Waals surface area contributed by atoms with Gasteiger partial charge in [-0.05, 0) is 107 Å². The molecule has 0 amide bonds. The van der Waals surface area contributed by atoms with Gasteiger partial charge in [0.1, 0.15) is 18.2 Å². The van der Waals surface area contributed by atoms with Crippen molar-refractivity contribution in [1.82, 2.24) is 0 Å². The first-order valence-corrected chi connectivity index (χ1v) is 13.9. The molecule has 1 N–H and O–H groups in total. The Balaban J connectivity index is 1.47. The van der Waals surface area contributed by atoms with Crippen LogP contribution in [0.25, 0.3) is 16.7 Å². The highest BCUT2D eigenvalue weighted by atomic mass is 19.4. The maximum Gasteiger partial charge on any atom is 0.416 e. The standard InChI is InChI=1S/C34H34F4O3/c1-32(2)13-5-8-28(32)26-16-21(9-11-25(26)27-18-23(34(36,37)38)10-12-30(27)35)20-41-24-7-4-6-22(17-24)29(19-31(39)40)33(3)14-15-33/h4,6-12,16-18,29H,5,13-15,19-20H2,1-3H3,(H,39,40)/t29-/m1/s1. The lowest BCUT2D eigenvalue weighted by Crippen LogP contribution is -2.15. The van der Waals surface area contributed by atoms with Crippen molar-refractivity contribution in [2.45, 2.75) is 71.6 Å². The van der Waals surface area contributed by atoms with Gasteiger partial charge in [0.25, 0.3) is 0 Å². The molecule has 0 saturated heterocycles. The molecule has 0 spiro atoms. The Morgan fingerprint density at radius 1 is 0.951 bits per heavy atom. The minimum Gasteiger partial charge on any atom is -0.489 e. The third-order valence-electron chi connectivity index (χ3n) is 8.73. The summed E-state index contributed by atoms with van der Waals surface area (Å²) in [6.45, 7) is 6.47. The smallest absolute Gasteiger partial charge is 0.416 e. The van der Waals surface area contributed by atoms with Gasteiger partial charge in [-0.2, -0.15) is 13.2 Å². The van der Waals surface area contributed by atoms with Gasteiger partial charge in [0, 0.05) is 5.56 Å². The summed E-state index contributed by atoms with van der Waals surface area (Å²) in [4.78, 5) is 11.5. The molecule has 3 aromatic rings. The van der Waals surface area contributed by atoms with Crippen LogP contribution in [0.4, 0.5) is 17.6 Å². The Morgan fingerprint density at radius 2 is 1.71 bits per heavy atom. The van der Waals surface area contributed by atoms with Crippen LogP contribution >= 0.6 is 0 Å². The number of halogens is 4. The molecule has 41 heavy (non-hydrogen) atoms. The Bertz CT molecular complexity index is 1500. The molecule has 0 unspecified atom stereocenters. The fourth-order valence-corrected chi connectivity index (χ4v) is 5.98. The summed E-state index contributed by atoms with van der Waals surface area (Å²) < 4.78 is 61.6. The van der Waals surface area contributed by atoms with Crippen LogP contribution in [0, 0.1) is 16.6 Å². The summed E-state index contributed by atoms with van der Waals surface area (Å²) in [5.74, 6) is -1.04. The lowest BCUT2D eigenvalue weighted by Gasteiger charge is -2.26. The average molecular weight is 567 g/mol. The number of alkyl halides is 3. The average Bonchev–Trinajstić information content (AvgIpc) is 3.55. The van der Waals surface area contributed by atoms with Crippen molar-refractivity contribution in [3.63, 3.8) is 0 Å². The summed E-state index contributed by atoms with van der Waals surface area (Å²) in [6, 6.07) is 15.4. The topological polar surface area (TPSA) is 46.5 Å². The Labute approximate surface area is 237 Å². The van der Waals surface area contributed by atoms with Gasteiger partial charge < -0.3 is 9.84 Å². The van der Waals surface area contributed by atoms with Gasteiger partial charge in [-0.25, -0.2) is 4.39 Å². The molecule has 3 aromatic carbocycles. The lowest BCUT2D eigenvalue weighted by molar-refractivity contribution is -0.138. The molecular formula is C34H34F4O3. The van der Waals surface area contributed by atoms with E-state index in [0.717, 1.165) is 60.6 Å². The molecule has 0 aliphatic heterocycles. The van der Waals surface area contributed by atoms with Gasteiger partial charge in [-0.1, -0.05) is 51.1 Å². The van der Waals surface area contributed by atoms with Gasteiger partial charge in [-0.15, -0.1) is 0 Å². The second-order valence-electron chi connectivity index (χ2n) is 12.3. The highest BCUT2D eigenvalue weighted by Gasteiger charge is 2.46. The maximum absolute atomic E-state index is 15.0. The summed E-state index contributed by atoms with van der Waals surface area (Å²) in [6.07, 6.45) is 1.25. The largest absolute Gasteiger partial charge is 0.489 e. The van der Waals surface area contributed by atoms with Crippen molar-refractivity contribution in [2.24, 2.45) is 10.8 Å². The van der Waals surface area contributed by atoms with Crippen LogP contribution in [0.1, 0.15) is 81.0 Å². The molecule has 2 aliphatic rings. The van der Waals surface area contributed by atoms with E-state index in [1.54, 1.807) is 12.1 Å². The van der Waals surface area contributed by atoms with Gasteiger partial charge in [-0.3, -0.25) is 4.79 Å². The lowest BCUT2D eigenvalue weighted by atomic mass is 9.79. The van der Waals surface area contributed by atoms with E-state index in [1.165, 1.54) is 0 Å². The molecule has 0 aromatic heterocycles. The van der Waals surface area contributed by atoms with Crippen LogP contribution < -0.4 is 4.74 Å². The van der Waals surface area contributed by atoms with Crippen molar-refractivity contribution in [1.29, 1.82) is 0 Å². The molecule has 1 saturated carbocycles. The summed E-state index contributed by atoms with van der Waals surface area (Å²) in [5, 5.41) is 9.47. The molecule has 7 heteroatoms. The van der Waals surface area contributed by atoms with Crippen molar-refractivity contribution in [2.75, 3.05) is 0 Å². The summed E-state index contributed by atoms with van der Waals surface area (Å²) >= 11 is 0. The first-order valence-electron chi connectivity index (χ1n) is 13.9. The molecule has 3 nitrogen and oxygen atoms in total. The molecule has 5 rings (SSSR count). The first-order chi connectivity index (χ1) is 19.3. The number of carbonyl (C=O) groups is 1. The number of aliphatic carboxylic acids is 1. The van der Waals surface area contributed by atoms with Gasteiger partial charge in [0.05, 0.1) is 12.0 Å². The normalized spacial score (nSPS) is 18.1. The predicted octanol–water partition coefficient (Wildman–Crippen LogP) is 9.65. The zero-order valence-corrected chi connectivity index (χ0v) is 23.4. The minimum atomic E-state index is -4.59. The molecule has 1 atom stereocenters. The second-order valence-corrected chi connectivity index (χ2v) is 12.3.